The lowest BCUT2D eigenvalue weighted by Gasteiger charge is -2.19. The molecule has 0 radical (unpaired) electrons. The molecule has 0 spiro atoms. The molecule has 8 heteroatoms. The van der Waals surface area contributed by atoms with Crippen molar-refractivity contribution in [1.29, 1.82) is 0 Å². The molecule has 22 heavy (non-hydrogen) atoms. The molecular weight excluding hydrogens is 374 g/mol. The Morgan fingerprint density at radius 3 is 2.55 bits per heavy atom. The molecule has 2 aromatic rings. The van der Waals surface area contributed by atoms with Gasteiger partial charge in [0.2, 0.25) is 9.84 Å². The maximum Gasteiger partial charge on any atom is 0.308 e. The first-order chi connectivity index (χ1) is 10.5. The summed E-state index contributed by atoms with van der Waals surface area (Å²) >= 11 is 3.33. The van der Waals surface area contributed by atoms with Crippen molar-refractivity contribution in [3.8, 4) is 11.5 Å². The summed E-state index contributed by atoms with van der Waals surface area (Å²) in [5.41, 5.74) is 0.508. The van der Waals surface area contributed by atoms with Gasteiger partial charge in [-0.15, -0.1) is 0 Å². The maximum atomic E-state index is 12.4. The van der Waals surface area contributed by atoms with E-state index in [4.69, 9.17) is 9.47 Å². The molecule has 0 unspecified atom stereocenters. The number of halogens is 1. The molecule has 0 aliphatic carbocycles. The highest BCUT2D eigenvalue weighted by Gasteiger charge is 2.26. The van der Waals surface area contributed by atoms with E-state index < -0.39 is 9.84 Å². The fourth-order valence-corrected chi connectivity index (χ4v) is 4.21. The number of aromatic nitrogens is 1. The van der Waals surface area contributed by atoms with Gasteiger partial charge in [-0.3, -0.25) is 0 Å². The van der Waals surface area contributed by atoms with Crippen LogP contribution in [0.1, 0.15) is 5.56 Å². The van der Waals surface area contributed by atoms with E-state index in [9.17, 15) is 13.6 Å². The predicted molar refractivity (Wildman–Crippen MR) is 81.4 cm³/mol. The van der Waals surface area contributed by atoms with Crippen LogP contribution in [0.25, 0.3) is 0 Å². The standard InChI is InChI=1S/C14H12BrNO5S/c15-11-8-13-12(20-5-6-21-13)7-10(11)9-22(18,19)14-3-1-2-4-16(14)17/h1-4,7-8H,5-6,9H2. The first-order valence-electron chi connectivity index (χ1n) is 6.46. The zero-order valence-corrected chi connectivity index (χ0v) is 13.8. The smallest absolute Gasteiger partial charge is 0.308 e. The number of fused-ring (bicyclic) bond motifs is 1. The van der Waals surface area contributed by atoms with Gasteiger partial charge in [0.1, 0.15) is 13.2 Å². The molecule has 0 saturated heterocycles. The molecule has 3 rings (SSSR count). The van der Waals surface area contributed by atoms with Crippen molar-refractivity contribution in [3.05, 3.63) is 51.8 Å². The molecule has 1 aromatic heterocycles. The summed E-state index contributed by atoms with van der Waals surface area (Å²) < 4.78 is 36.7. The Hall–Kier alpha value is -1.80. The number of pyridine rings is 1. The largest absolute Gasteiger partial charge is 0.618 e. The molecule has 1 aliphatic heterocycles. The summed E-state index contributed by atoms with van der Waals surface area (Å²) in [5, 5.41) is 11.4. The molecule has 0 N–H and O–H groups in total. The minimum Gasteiger partial charge on any atom is -0.618 e. The zero-order valence-electron chi connectivity index (χ0n) is 11.4. The Morgan fingerprint density at radius 2 is 1.86 bits per heavy atom. The topological polar surface area (TPSA) is 79.5 Å². The summed E-state index contributed by atoms with van der Waals surface area (Å²) in [5.74, 6) is 0.761. The highest BCUT2D eigenvalue weighted by atomic mass is 79.9. The van der Waals surface area contributed by atoms with E-state index in [1.165, 1.54) is 18.2 Å². The SMILES string of the molecule is O=S(=O)(Cc1cc2c(cc1Br)OCCO2)c1cccc[n+]1[O-]. The molecule has 0 fully saturated rings. The Morgan fingerprint density at radius 1 is 1.18 bits per heavy atom. The molecular formula is C14H12BrNO5S. The summed E-state index contributed by atoms with van der Waals surface area (Å²) in [6.07, 6.45) is 1.16. The highest BCUT2D eigenvalue weighted by molar-refractivity contribution is 9.10. The number of sulfone groups is 1. The summed E-state index contributed by atoms with van der Waals surface area (Å²) in [6, 6.07) is 7.57. The molecule has 0 bridgehead atoms. The van der Waals surface area contributed by atoms with Gasteiger partial charge in [-0.1, -0.05) is 15.9 Å². The molecule has 0 atom stereocenters. The quantitative estimate of drug-likeness (QED) is 0.594. The van der Waals surface area contributed by atoms with Crippen molar-refractivity contribution in [2.45, 2.75) is 10.8 Å². The zero-order chi connectivity index (χ0) is 15.7. The molecule has 0 saturated carbocycles. The van der Waals surface area contributed by atoms with Crippen molar-refractivity contribution in [2.75, 3.05) is 13.2 Å². The first kappa shape index (κ1) is 15.1. The minimum absolute atomic E-state index is 0.281. The van der Waals surface area contributed by atoms with E-state index in [1.807, 2.05) is 0 Å². The van der Waals surface area contributed by atoms with E-state index in [-0.39, 0.29) is 10.8 Å². The normalized spacial score (nSPS) is 13.9. The van der Waals surface area contributed by atoms with Crippen molar-refractivity contribution in [1.82, 2.24) is 0 Å². The van der Waals surface area contributed by atoms with Crippen LogP contribution in [0.3, 0.4) is 0 Å². The van der Waals surface area contributed by atoms with Crippen LogP contribution in [0.5, 0.6) is 11.5 Å². The van der Waals surface area contributed by atoms with E-state index in [2.05, 4.69) is 15.9 Å². The number of hydrogen-bond donors (Lipinski definition) is 0. The molecule has 1 aromatic carbocycles. The Balaban J connectivity index is 1.98. The first-order valence-corrected chi connectivity index (χ1v) is 8.91. The Labute approximate surface area is 135 Å². The number of hydrogen-bond acceptors (Lipinski definition) is 5. The van der Waals surface area contributed by atoms with Gasteiger partial charge in [0.05, 0.1) is 5.75 Å². The Kier molecular flexibility index (Phi) is 3.96. The van der Waals surface area contributed by atoms with Crippen LogP contribution < -0.4 is 14.2 Å². The number of ether oxygens (including phenoxy) is 2. The van der Waals surface area contributed by atoms with E-state index in [0.29, 0.717) is 39.5 Å². The van der Waals surface area contributed by atoms with Gasteiger partial charge in [0.15, 0.2) is 17.7 Å². The van der Waals surface area contributed by atoms with E-state index in [1.54, 1.807) is 12.1 Å². The molecule has 1 aliphatic rings. The van der Waals surface area contributed by atoms with Gasteiger partial charge in [-0.25, -0.2) is 8.42 Å². The van der Waals surface area contributed by atoms with Crippen molar-refractivity contribution in [2.24, 2.45) is 0 Å². The highest BCUT2D eigenvalue weighted by Crippen LogP contribution is 2.36. The van der Waals surface area contributed by atoms with E-state index in [0.717, 1.165) is 6.20 Å². The van der Waals surface area contributed by atoms with Crippen LogP contribution in [0.15, 0.2) is 46.0 Å². The lowest BCUT2D eigenvalue weighted by molar-refractivity contribution is -0.646. The molecule has 0 amide bonds. The summed E-state index contributed by atoms with van der Waals surface area (Å²) in [7, 11) is -3.77. The average Bonchev–Trinajstić information content (AvgIpc) is 2.48. The van der Waals surface area contributed by atoms with Gasteiger partial charge >= 0.3 is 5.03 Å². The van der Waals surface area contributed by atoms with Crippen LogP contribution in [0.4, 0.5) is 0 Å². The predicted octanol–water partition coefficient (Wildman–Crippen LogP) is 1.83. The maximum absolute atomic E-state index is 12.4. The van der Waals surface area contributed by atoms with E-state index >= 15 is 0 Å². The third-order valence-corrected chi connectivity index (χ3v) is 5.55. The van der Waals surface area contributed by atoms with Gasteiger partial charge in [-0.05, 0) is 23.8 Å². The van der Waals surface area contributed by atoms with Gasteiger partial charge in [0, 0.05) is 16.6 Å². The van der Waals surface area contributed by atoms with Crippen LogP contribution in [0.2, 0.25) is 0 Å². The van der Waals surface area contributed by atoms with Crippen LogP contribution in [-0.2, 0) is 15.6 Å². The summed E-state index contributed by atoms with van der Waals surface area (Å²) in [4.78, 5) is 0. The molecule has 116 valence electrons. The van der Waals surface area contributed by atoms with Gasteiger partial charge in [-0.2, -0.15) is 4.73 Å². The molecule has 2 heterocycles. The number of benzene rings is 1. The van der Waals surface area contributed by atoms with Crippen LogP contribution in [-0.4, -0.2) is 21.6 Å². The van der Waals surface area contributed by atoms with Crippen molar-refractivity contribution < 1.29 is 22.6 Å². The minimum atomic E-state index is -3.77. The second-order valence-electron chi connectivity index (χ2n) is 4.71. The average molecular weight is 386 g/mol. The second-order valence-corrected chi connectivity index (χ2v) is 7.50. The summed E-state index contributed by atoms with van der Waals surface area (Å²) in [6.45, 7) is 0.872. The van der Waals surface area contributed by atoms with Gasteiger partial charge < -0.3 is 14.7 Å². The van der Waals surface area contributed by atoms with Crippen LogP contribution >= 0.6 is 15.9 Å². The van der Waals surface area contributed by atoms with Crippen LogP contribution in [0, 0.1) is 5.21 Å². The number of rotatable bonds is 3. The number of nitrogens with zero attached hydrogens (tertiary/aromatic N) is 1. The Bertz CT molecular complexity index is 822. The lowest BCUT2D eigenvalue weighted by Crippen LogP contribution is -2.33. The molecule has 6 nitrogen and oxygen atoms in total. The third-order valence-electron chi connectivity index (χ3n) is 3.16. The monoisotopic (exact) mass is 385 g/mol. The third kappa shape index (κ3) is 2.89. The van der Waals surface area contributed by atoms with Crippen molar-refractivity contribution >= 4 is 25.8 Å². The van der Waals surface area contributed by atoms with Crippen molar-refractivity contribution in [3.63, 3.8) is 0 Å². The fraction of sp³-hybridized carbons (Fsp3) is 0.214. The fourth-order valence-electron chi connectivity index (χ4n) is 2.15. The lowest BCUT2D eigenvalue weighted by atomic mass is 10.2. The van der Waals surface area contributed by atoms with Gasteiger partial charge in [0.25, 0.3) is 0 Å². The second kappa shape index (κ2) is 5.77.